The van der Waals surface area contributed by atoms with Gasteiger partial charge in [0.2, 0.25) is 0 Å². The van der Waals surface area contributed by atoms with E-state index in [2.05, 4.69) is 30.4 Å². The van der Waals surface area contributed by atoms with Crippen molar-refractivity contribution in [2.45, 2.75) is 32.7 Å². The van der Waals surface area contributed by atoms with Crippen LogP contribution in [0.15, 0.2) is 48.5 Å². The van der Waals surface area contributed by atoms with E-state index in [0.717, 1.165) is 30.5 Å². The normalized spacial score (nSPS) is 12.3. The minimum absolute atomic E-state index is 0.156. The summed E-state index contributed by atoms with van der Waals surface area (Å²) in [5.74, 6) is -0.156. The average Bonchev–Trinajstić information content (AvgIpc) is 2.43. The fourth-order valence-corrected chi connectivity index (χ4v) is 2.44. The molecule has 0 radical (unpaired) electrons. The minimum atomic E-state index is -0.156. The summed E-state index contributed by atoms with van der Waals surface area (Å²) in [5.41, 5.74) is 3.26. The molecule has 0 amide bonds. The highest BCUT2D eigenvalue weighted by atomic mass is 19.1. The van der Waals surface area contributed by atoms with E-state index in [0.29, 0.717) is 0 Å². The Morgan fingerprint density at radius 1 is 1.10 bits per heavy atom. The zero-order valence-electron chi connectivity index (χ0n) is 12.2. The van der Waals surface area contributed by atoms with Gasteiger partial charge in [-0.3, -0.25) is 0 Å². The third-order valence-electron chi connectivity index (χ3n) is 3.39. The molecule has 1 N–H and O–H groups in total. The summed E-state index contributed by atoms with van der Waals surface area (Å²) in [5, 5.41) is 3.52. The first kappa shape index (κ1) is 14.7. The third kappa shape index (κ3) is 4.17. The van der Waals surface area contributed by atoms with Crippen LogP contribution < -0.4 is 5.32 Å². The molecular formula is C18H22FN. The van der Waals surface area contributed by atoms with E-state index in [1.807, 2.05) is 25.1 Å². The Balaban J connectivity index is 2.22. The topological polar surface area (TPSA) is 12.0 Å². The Labute approximate surface area is 120 Å². The van der Waals surface area contributed by atoms with Crippen molar-refractivity contribution in [1.82, 2.24) is 5.32 Å². The van der Waals surface area contributed by atoms with E-state index >= 15 is 0 Å². The standard InChI is InChI=1S/C18H22FN/c1-3-9-20-18(12-15-7-5-4-6-8-15)16-10-14(2)11-17(19)13-16/h4-8,10-11,13,18,20H,3,9,12H2,1-2H3. The van der Waals surface area contributed by atoms with Gasteiger partial charge in [0.1, 0.15) is 5.82 Å². The van der Waals surface area contributed by atoms with Crippen molar-refractivity contribution in [3.8, 4) is 0 Å². The van der Waals surface area contributed by atoms with Gasteiger partial charge in [-0.2, -0.15) is 0 Å². The maximum absolute atomic E-state index is 13.6. The molecule has 0 aliphatic carbocycles. The maximum atomic E-state index is 13.6. The third-order valence-corrected chi connectivity index (χ3v) is 3.39. The summed E-state index contributed by atoms with van der Waals surface area (Å²) in [7, 11) is 0. The van der Waals surface area contributed by atoms with Gasteiger partial charge in [-0.15, -0.1) is 0 Å². The monoisotopic (exact) mass is 271 g/mol. The molecule has 2 heteroatoms. The fourth-order valence-electron chi connectivity index (χ4n) is 2.44. The summed E-state index contributed by atoms with van der Waals surface area (Å²) in [4.78, 5) is 0. The molecule has 0 aromatic heterocycles. The molecule has 1 nitrogen and oxygen atoms in total. The maximum Gasteiger partial charge on any atom is 0.123 e. The van der Waals surface area contributed by atoms with Crippen molar-refractivity contribution in [2.75, 3.05) is 6.54 Å². The molecule has 2 rings (SSSR count). The summed E-state index contributed by atoms with van der Waals surface area (Å²) in [6, 6.07) is 15.8. The molecule has 106 valence electrons. The predicted octanol–water partition coefficient (Wildman–Crippen LogP) is 4.42. The molecular weight excluding hydrogens is 249 g/mol. The zero-order chi connectivity index (χ0) is 14.4. The van der Waals surface area contributed by atoms with Crippen LogP contribution in [-0.2, 0) is 6.42 Å². The highest BCUT2D eigenvalue weighted by Gasteiger charge is 2.13. The van der Waals surface area contributed by atoms with Crippen molar-refractivity contribution < 1.29 is 4.39 Å². The highest BCUT2D eigenvalue weighted by molar-refractivity contribution is 5.28. The van der Waals surface area contributed by atoms with Crippen molar-refractivity contribution in [3.05, 3.63) is 71.0 Å². The number of rotatable bonds is 6. The number of benzene rings is 2. The van der Waals surface area contributed by atoms with Gasteiger partial charge in [0.25, 0.3) is 0 Å². The Morgan fingerprint density at radius 3 is 2.50 bits per heavy atom. The van der Waals surface area contributed by atoms with Crippen LogP contribution >= 0.6 is 0 Å². The SMILES string of the molecule is CCCNC(Cc1ccccc1)c1cc(C)cc(F)c1. The summed E-state index contributed by atoms with van der Waals surface area (Å²) < 4.78 is 13.6. The molecule has 0 saturated carbocycles. The van der Waals surface area contributed by atoms with Gasteiger partial charge in [0.15, 0.2) is 0 Å². The average molecular weight is 271 g/mol. The predicted molar refractivity (Wildman–Crippen MR) is 82.3 cm³/mol. The van der Waals surface area contributed by atoms with Crippen LogP contribution in [0.4, 0.5) is 4.39 Å². The number of hydrogen-bond acceptors (Lipinski definition) is 1. The van der Waals surface area contributed by atoms with Crippen LogP contribution in [0.2, 0.25) is 0 Å². The smallest absolute Gasteiger partial charge is 0.123 e. The molecule has 0 saturated heterocycles. The van der Waals surface area contributed by atoms with Crippen LogP contribution in [0, 0.1) is 12.7 Å². The molecule has 1 atom stereocenters. The van der Waals surface area contributed by atoms with Crippen LogP contribution in [0.5, 0.6) is 0 Å². The molecule has 0 aliphatic heterocycles. The van der Waals surface area contributed by atoms with E-state index in [1.54, 1.807) is 12.1 Å². The molecule has 0 spiro atoms. The zero-order valence-corrected chi connectivity index (χ0v) is 12.2. The van der Waals surface area contributed by atoms with Gasteiger partial charge >= 0.3 is 0 Å². The molecule has 20 heavy (non-hydrogen) atoms. The number of hydrogen-bond donors (Lipinski definition) is 1. The number of nitrogens with one attached hydrogen (secondary N) is 1. The lowest BCUT2D eigenvalue weighted by molar-refractivity contribution is 0.524. The summed E-state index contributed by atoms with van der Waals surface area (Å²) in [6.07, 6.45) is 1.95. The molecule has 0 bridgehead atoms. The van der Waals surface area contributed by atoms with Crippen molar-refractivity contribution in [1.29, 1.82) is 0 Å². The van der Waals surface area contributed by atoms with Crippen molar-refractivity contribution in [3.63, 3.8) is 0 Å². The molecule has 0 fully saturated rings. The second-order valence-electron chi connectivity index (χ2n) is 5.26. The van der Waals surface area contributed by atoms with E-state index in [9.17, 15) is 4.39 Å². The second-order valence-corrected chi connectivity index (χ2v) is 5.26. The quantitative estimate of drug-likeness (QED) is 0.820. The highest BCUT2D eigenvalue weighted by Crippen LogP contribution is 2.21. The Kier molecular flexibility index (Phi) is 5.31. The first-order valence-electron chi connectivity index (χ1n) is 7.23. The first-order chi connectivity index (χ1) is 9.69. The fraction of sp³-hybridized carbons (Fsp3) is 0.333. The van der Waals surface area contributed by atoms with E-state index in [1.165, 1.54) is 5.56 Å². The van der Waals surface area contributed by atoms with Gasteiger partial charge < -0.3 is 5.32 Å². The van der Waals surface area contributed by atoms with E-state index < -0.39 is 0 Å². The second kappa shape index (κ2) is 7.20. The lowest BCUT2D eigenvalue weighted by Crippen LogP contribution is -2.24. The molecule has 0 heterocycles. The van der Waals surface area contributed by atoms with Crippen LogP contribution in [0.1, 0.15) is 36.1 Å². The molecule has 2 aromatic carbocycles. The van der Waals surface area contributed by atoms with E-state index in [4.69, 9.17) is 0 Å². The van der Waals surface area contributed by atoms with Gasteiger partial charge in [-0.25, -0.2) is 4.39 Å². The molecule has 1 unspecified atom stereocenters. The van der Waals surface area contributed by atoms with Crippen molar-refractivity contribution >= 4 is 0 Å². The van der Waals surface area contributed by atoms with Crippen LogP contribution in [-0.4, -0.2) is 6.54 Å². The van der Waals surface area contributed by atoms with Crippen LogP contribution in [0.3, 0.4) is 0 Å². The van der Waals surface area contributed by atoms with Gasteiger partial charge in [-0.1, -0.05) is 43.3 Å². The first-order valence-corrected chi connectivity index (χ1v) is 7.23. The minimum Gasteiger partial charge on any atom is -0.310 e. The summed E-state index contributed by atoms with van der Waals surface area (Å²) >= 11 is 0. The molecule has 2 aromatic rings. The van der Waals surface area contributed by atoms with Gasteiger partial charge in [-0.05, 0) is 55.1 Å². The van der Waals surface area contributed by atoms with E-state index in [-0.39, 0.29) is 11.9 Å². The largest absolute Gasteiger partial charge is 0.310 e. The van der Waals surface area contributed by atoms with Gasteiger partial charge in [0.05, 0.1) is 0 Å². The Hall–Kier alpha value is -1.67. The lowest BCUT2D eigenvalue weighted by Gasteiger charge is -2.20. The number of halogens is 1. The van der Waals surface area contributed by atoms with Gasteiger partial charge in [0, 0.05) is 6.04 Å². The van der Waals surface area contributed by atoms with Crippen LogP contribution in [0.25, 0.3) is 0 Å². The Morgan fingerprint density at radius 2 is 1.85 bits per heavy atom. The van der Waals surface area contributed by atoms with Crippen molar-refractivity contribution in [2.24, 2.45) is 0 Å². The molecule has 0 aliphatic rings. The Bertz CT molecular complexity index is 516. The lowest BCUT2D eigenvalue weighted by atomic mass is 9.97. The number of aryl methyl sites for hydroxylation is 1. The summed E-state index contributed by atoms with van der Waals surface area (Å²) in [6.45, 7) is 5.02.